The molecule has 41 heavy (non-hydrogen) atoms. The number of aliphatic carboxylic acids is 1. The number of carbonyl (C=O) groups is 1. The number of aliphatic hydroxyl groups is 6. The van der Waals surface area contributed by atoms with Crippen molar-refractivity contribution in [1.82, 2.24) is 0 Å². The molecular formula is C27H39NaO13. The first kappa shape index (κ1) is 34.7. The van der Waals surface area contributed by atoms with Crippen molar-refractivity contribution in [3.63, 3.8) is 0 Å². The predicted octanol–water partition coefficient (Wildman–Crippen LogP) is -5.65. The van der Waals surface area contributed by atoms with Gasteiger partial charge in [-0.05, 0) is 25.3 Å². The van der Waals surface area contributed by atoms with Crippen LogP contribution in [-0.4, -0.2) is 123 Å². The second-order valence-corrected chi connectivity index (χ2v) is 10.6. The zero-order valence-electron chi connectivity index (χ0n) is 23.2. The molecule has 3 fully saturated rings. The third kappa shape index (κ3) is 8.46. The van der Waals surface area contributed by atoms with Crippen molar-refractivity contribution in [2.75, 3.05) is 6.61 Å². The van der Waals surface area contributed by atoms with Crippen LogP contribution in [0.15, 0.2) is 30.3 Å². The molecule has 0 spiro atoms. The standard InChI is InChI=1S/C27H40O13.Na/c1-13-19(29)21(31)22(32)26(36-13)38-15-9-5-6-10-16(15)39-27-23(33)24(20(30)18(12-28)40-27)37-17(25(34)35)11-14-7-3-2-4-8-14;/h2-4,7-8,13,15-24,26-33H,5-6,9-12H2,1H3,(H,34,35);/q;+1/p-1/t13-,15+,16+,17+,18+,19+,20-,21+,22-,23+,24-,26-,27+;/m0./s1. The van der Waals surface area contributed by atoms with Crippen molar-refractivity contribution in [3.05, 3.63) is 35.9 Å². The van der Waals surface area contributed by atoms with Gasteiger partial charge < -0.3 is 64.2 Å². The SMILES string of the molecule is C[C@@H]1O[C@@H](O[C@@H]2CCCC[C@H]2O[C@@H]2O[C@H](CO)[C@H](O)[C@H](O[C@H](Cc3ccccc3)C(=O)[O-])[C@H]2O)[C@@H](O)[C@H](O)[C@@H]1O.[Na+]. The molecule has 0 radical (unpaired) electrons. The summed E-state index contributed by atoms with van der Waals surface area (Å²) in [6, 6.07) is 8.64. The number of hydrogen-bond acceptors (Lipinski definition) is 13. The number of ether oxygens (including phenoxy) is 5. The van der Waals surface area contributed by atoms with Crippen LogP contribution in [0.5, 0.6) is 0 Å². The van der Waals surface area contributed by atoms with E-state index in [0.717, 1.165) is 12.8 Å². The summed E-state index contributed by atoms with van der Waals surface area (Å²) in [5.41, 5.74) is 0.639. The topological polar surface area (TPSA) is 208 Å². The van der Waals surface area contributed by atoms with Crippen molar-refractivity contribution in [1.29, 1.82) is 0 Å². The molecule has 2 saturated heterocycles. The maximum atomic E-state index is 11.9. The molecule has 0 unspecified atom stereocenters. The minimum Gasteiger partial charge on any atom is -0.547 e. The Morgan fingerprint density at radius 2 is 1.49 bits per heavy atom. The molecule has 13 nitrogen and oxygen atoms in total. The summed E-state index contributed by atoms with van der Waals surface area (Å²) in [4.78, 5) is 11.9. The molecule has 13 atom stereocenters. The summed E-state index contributed by atoms with van der Waals surface area (Å²) in [5.74, 6) is -1.54. The van der Waals surface area contributed by atoms with Crippen LogP contribution in [0.25, 0.3) is 0 Å². The summed E-state index contributed by atoms with van der Waals surface area (Å²) >= 11 is 0. The van der Waals surface area contributed by atoms with Gasteiger partial charge in [0.25, 0.3) is 0 Å². The van der Waals surface area contributed by atoms with E-state index in [0.29, 0.717) is 18.4 Å². The molecular weight excluding hydrogens is 555 g/mol. The first-order chi connectivity index (χ1) is 19.1. The Kier molecular flexibility index (Phi) is 13.4. The number of rotatable bonds is 10. The fourth-order valence-corrected chi connectivity index (χ4v) is 5.38. The van der Waals surface area contributed by atoms with Gasteiger partial charge in [-0.15, -0.1) is 0 Å². The zero-order valence-corrected chi connectivity index (χ0v) is 25.2. The van der Waals surface area contributed by atoms with Gasteiger partial charge in [0.1, 0.15) is 48.8 Å². The van der Waals surface area contributed by atoms with Gasteiger partial charge in [-0.25, -0.2) is 0 Å². The van der Waals surface area contributed by atoms with Crippen molar-refractivity contribution in [2.24, 2.45) is 0 Å². The Labute approximate surface area is 260 Å². The van der Waals surface area contributed by atoms with Gasteiger partial charge in [0.15, 0.2) is 12.6 Å². The number of hydrogen-bond donors (Lipinski definition) is 6. The van der Waals surface area contributed by atoms with E-state index in [1.807, 2.05) is 0 Å². The molecule has 6 N–H and O–H groups in total. The van der Waals surface area contributed by atoms with Gasteiger partial charge >= 0.3 is 29.6 Å². The van der Waals surface area contributed by atoms with Gasteiger partial charge in [0.05, 0.1) is 30.9 Å². The summed E-state index contributed by atoms with van der Waals surface area (Å²) in [7, 11) is 0. The van der Waals surface area contributed by atoms with E-state index in [1.54, 1.807) is 30.3 Å². The zero-order chi connectivity index (χ0) is 29.0. The van der Waals surface area contributed by atoms with Crippen LogP contribution in [0.2, 0.25) is 0 Å². The molecule has 1 aromatic rings. The smallest absolute Gasteiger partial charge is 0.547 e. The monoisotopic (exact) mass is 594 g/mol. The maximum Gasteiger partial charge on any atom is 1.00 e. The predicted molar refractivity (Wildman–Crippen MR) is 132 cm³/mol. The molecule has 226 valence electrons. The third-order valence-corrected chi connectivity index (χ3v) is 7.74. The van der Waals surface area contributed by atoms with Crippen molar-refractivity contribution < 1.29 is 93.8 Å². The molecule has 4 rings (SSSR count). The summed E-state index contributed by atoms with van der Waals surface area (Å²) in [5, 5.41) is 74.0. The Bertz CT molecular complexity index is 941. The molecule has 1 aliphatic carbocycles. The first-order valence-electron chi connectivity index (χ1n) is 13.6. The Hall–Kier alpha value is -0.750. The molecule has 2 aliphatic heterocycles. The third-order valence-electron chi connectivity index (χ3n) is 7.74. The Balaban J connectivity index is 0.00000462. The van der Waals surface area contributed by atoms with Crippen LogP contribution in [-0.2, 0) is 34.9 Å². The van der Waals surface area contributed by atoms with Gasteiger partial charge in [0.2, 0.25) is 0 Å². The van der Waals surface area contributed by atoms with Gasteiger partial charge in [-0.1, -0.05) is 43.2 Å². The van der Waals surface area contributed by atoms with Crippen molar-refractivity contribution in [2.45, 2.75) is 119 Å². The van der Waals surface area contributed by atoms with E-state index in [9.17, 15) is 40.5 Å². The van der Waals surface area contributed by atoms with Gasteiger partial charge in [-0.3, -0.25) is 0 Å². The molecule has 1 aromatic carbocycles. The number of carboxylic acid groups (broad SMARTS) is 1. The summed E-state index contributed by atoms with van der Waals surface area (Å²) in [6.45, 7) is 0.877. The number of carbonyl (C=O) groups excluding carboxylic acids is 1. The molecule has 14 heteroatoms. The normalized spacial score (nSPS) is 40.4. The van der Waals surface area contributed by atoms with Crippen LogP contribution in [0.3, 0.4) is 0 Å². The van der Waals surface area contributed by atoms with E-state index in [1.165, 1.54) is 6.92 Å². The minimum atomic E-state index is -1.65. The second-order valence-electron chi connectivity index (χ2n) is 10.6. The molecule has 2 heterocycles. The van der Waals surface area contributed by atoms with Gasteiger partial charge in [0, 0.05) is 6.42 Å². The van der Waals surface area contributed by atoms with E-state index in [-0.39, 0.29) is 36.0 Å². The van der Waals surface area contributed by atoms with E-state index < -0.39 is 92.3 Å². The first-order valence-corrected chi connectivity index (χ1v) is 13.6. The molecule has 3 aliphatic rings. The molecule has 0 bridgehead atoms. The van der Waals surface area contributed by atoms with Crippen LogP contribution >= 0.6 is 0 Å². The Morgan fingerprint density at radius 3 is 2.05 bits per heavy atom. The van der Waals surface area contributed by atoms with E-state index in [4.69, 9.17) is 23.7 Å². The molecule has 0 amide bonds. The fraction of sp³-hybridized carbons (Fsp3) is 0.741. The number of aliphatic hydroxyl groups excluding tert-OH is 6. The van der Waals surface area contributed by atoms with Crippen molar-refractivity contribution in [3.8, 4) is 0 Å². The number of benzene rings is 1. The average molecular weight is 595 g/mol. The molecule has 0 aromatic heterocycles. The van der Waals surface area contributed by atoms with Crippen LogP contribution < -0.4 is 34.7 Å². The van der Waals surface area contributed by atoms with Crippen LogP contribution in [0, 0.1) is 0 Å². The number of carboxylic acids is 1. The largest absolute Gasteiger partial charge is 1.00 e. The maximum absolute atomic E-state index is 11.9. The van der Waals surface area contributed by atoms with E-state index >= 15 is 0 Å². The van der Waals surface area contributed by atoms with Crippen molar-refractivity contribution >= 4 is 5.97 Å². The van der Waals surface area contributed by atoms with Crippen LogP contribution in [0.1, 0.15) is 38.2 Å². The molecule has 1 saturated carbocycles. The summed E-state index contributed by atoms with van der Waals surface area (Å²) < 4.78 is 28.9. The Morgan fingerprint density at radius 1 is 0.902 bits per heavy atom. The quantitative estimate of drug-likeness (QED) is 0.140. The minimum absolute atomic E-state index is 0. The second kappa shape index (κ2) is 15.8. The average Bonchev–Trinajstić information content (AvgIpc) is 2.95. The fourth-order valence-electron chi connectivity index (χ4n) is 5.38. The van der Waals surface area contributed by atoms with Crippen LogP contribution in [0.4, 0.5) is 0 Å². The summed E-state index contributed by atoms with van der Waals surface area (Å²) in [6.07, 6.45) is -14.2. The van der Waals surface area contributed by atoms with Gasteiger partial charge in [-0.2, -0.15) is 0 Å². The van der Waals surface area contributed by atoms with E-state index in [2.05, 4.69) is 0 Å².